The van der Waals surface area contributed by atoms with Crippen molar-refractivity contribution >= 4 is 0 Å². The SMILES string of the molecule is CC1C(O)C12CCC2. The summed E-state index contributed by atoms with van der Waals surface area (Å²) in [6, 6.07) is 0. The van der Waals surface area contributed by atoms with Gasteiger partial charge in [-0.2, -0.15) is 0 Å². The standard InChI is InChI=1S/C7H12O/c1-5-6(8)7(5)3-2-4-7/h5-6,8H,2-4H2,1H3. The smallest absolute Gasteiger partial charge is 0.0631 e. The van der Waals surface area contributed by atoms with Gasteiger partial charge in [-0.15, -0.1) is 0 Å². The Morgan fingerprint density at radius 3 is 2.00 bits per heavy atom. The van der Waals surface area contributed by atoms with Gasteiger partial charge in [0.1, 0.15) is 0 Å². The van der Waals surface area contributed by atoms with E-state index in [9.17, 15) is 5.11 Å². The summed E-state index contributed by atoms with van der Waals surface area (Å²) in [7, 11) is 0. The number of aliphatic hydroxyl groups is 1. The topological polar surface area (TPSA) is 20.2 Å². The summed E-state index contributed by atoms with van der Waals surface area (Å²) in [6.45, 7) is 2.16. The van der Waals surface area contributed by atoms with Crippen LogP contribution in [0.25, 0.3) is 0 Å². The monoisotopic (exact) mass is 112 g/mol. The lowest BCUT2D eigenvalue weighted by Gasteiger charge is -2.25. The summed E-state index contributed by atoms with van der Waals surface area (Å²) in [4.78, 5) is 0. The lowest BCUT2D eigenvalue weighted by atomic mass is 9.80. The Morgan fingerprint density at radius 1 is 1.50 bits per heavy atom. The van der Waals surface area contributed by atoms with Gasteiger partial charge >= 0.3 is 0 Å². The van der Waals surface area contributed by atoms with Gasteiger partial charge in [-0.05, 0) is 18.8 Å². The molecule has 0 aromatic carbocycles. The Morgan fingerprint density at radius 2 is 2.00 bits per heavy atom. The van der Waals surface area contributed by atoms with E-state index in [1.807, 2.05) is 0 Å². The highest BCUT2D eigenvalue weighted by molar-refractivity contribution is 5.13. The van der Waals surface area contributed by atoms with Crippen molar-refractivity contribution in [1.29, 1.82) is 0 Å². The molecule has 2 aliphatic carbocycles. The van der Waals surface area contributed by atoms with Crippen LogP contribution >= 0.6 is 0 Å². The van der Waals surface area contributed by atoms with E-state index < -0.39 is 0 Å². The molecule has 2 rings (SSSR count). The highest BCUT2D eigenvalue weighted by Gasteiger charge is 2.64. The number of aliphatic hydroxyl groups excluding tert-OH is 1. The van der Waals surface area contributed by atoms with Crippen molar-refractivity contribution in [3.8, 4) is 0 Å². The van der Waals surface area contributed by atoms with Gasteiger partial charge in [0.15, 0.2) is 0 Å². The lowest BCUT2D eigenvalue weighted by Crippen LogP contribution is -2.17. The van der Waals surface area contributed by atoms with E-state index in [0.717, 1.165) is 0 Å². The second kappa shape index (κ2) is 1.10. The average Bonchev–Trinajstić information content (AvgIpc) is 2.10. The zero-order valence-electron chi connectivity index (χ0n) is 5.22. The maximum Gasteiger partial charge on any atom is 0.0631 e. The van der Waals surface area contributed by atoms with E-state index in [-0.39, 0.29) is 6.10 Å². The highest BCUT2D eigenvalue weighted by Crippen LogP contribution is 2.64. The Balaban J connectivity index is 2.09. The molecule has 0 amide bonds. The van der Waals surface area contributed by atoms with Crippen molar-refractivity contribution < 1.29 is 5.11 Å². The van der Waals surface area contributed by atoms with Crippen LogP contribution in [0.5, 0.6) is 0 Å². The summed E-state index contributed by atoms with van der Waals surface area (Å²) in [5, 5.41) is 9.21. The third-order valence-corrected chi connectivity index (χ3v) is 3.14. The van der Waals surface area contributed by atoms with Crippen LogP contribution in [-0.4, -0.2) is 11.2 Å². The van der Waals surface area contributed by atoms with Crippen LogP contribution in [0.2, 0.25) is 0 Å². The molecule has 8 heavy (non-hydrogen) atoms. The molecule has 46 valence electrons. The summed E-state index contributed by atoms with van der Waals surface area (Å²) >= 11 is 0. The van der Waals surface area contributed by atoms with Crippen LogP contribution in [0.15, 0.2) is 0 Å². The maximum absolute atomic E-state index is 9.21. The third-order valence-electron chi connectivity index (χ3n) is 3.14. The average molecular weight is 112 g/mol. The van der Waals surface area contributed by atoms with Crippen molar-refractivity contribution in [2.24, 2.45) is 11.3 Å². The van der Waals surface area contributed by atoms with Crippen molar-refractivity contribution in [3.05, 3.63) is 0 Å². The molecule has 0 radical (unpaired) electrons. The largest absolute Gasteiger partial charge is 0.392 e. The van der Waals surface area contributed by atoms with E-state index in [2.05, 4.69) is 6.92 Å². The van der Waals surface area contributed by atoms with Gasteiger partial charge in [0.05, 0.1) is 6.10 Å². The fourth-order valence-electron chi connectivity index (χ4n) is 2.01. The Hall–Kier alpha value is -0.0400. The van der Waals surface area contributed by atoms with Crippen molar-refractivity contribution in [3.63, 3.8) is 0 Å². The van der Waals surface area contributed by atoms with E-state index in [1.54, 1.807) is 0 Å². The van der Waals surface area contributed by atoms with Crippen LogP contribution in [0.1, 0.15) is 26.2 Å². The number of hydrogen-bond acceptors (Lipinski definition) is 1. The summed E-state index contributed by atoms with van der Waals surface area (Å²) in [5.41, 5.74) is 0.444. The minimum Gasteiger partial charge on any atom is -0.392 e. The molecular formula is C7H12O. The van der Waals surface area contributed by atoms with Gasteiger partial charge in [-0.3, -0.25) is 0 Å². The summed E-state index contributed by atoms with van der Waals surface area (Å²) in [6.07, 6.45) is 3.99. The van der Waals surface area contributed by atoms with Gasteiger partial charge in [0.25, 0.3) is 0 Å². The summed E-state index contributed by atoms with van der Waals surface area (Å²) in [5.74, 6) is 0.622. The molecule has 2 saturated carbocycles. The molecule has 0 aromatic heterocycles. The van der Waals surface area contributed by atoms with Crippen LogP contribution in [-0.2, 0) is 0 Å². The molecule has 0 heterocycles. The quantitative estimate of drug-likeness (QED) is 0.498. The number of rotatable bonds is 0. The normalized spacial score (nSPS) is 48.8. The van der Waals surface area contributed by atoms with Gasteiger partial charge in [0.2, 0.25) is 0 Å². The Labute approximate surface area is 49.7 Å². The first kappa shape index (κ1) is 4.80. The van der Waals surface area contributed by atoms with Gasteiger partial charge in [0, 0.05) is 5.41 Å². The van der Waals surface area contributed by atoms with Gasteiger partial charge in [-0.1, -0.05) is 13.3 Å². The van der Waals surface area contributed by atoms with Gasteiger partial charge < -0.3 is 5.11 Å². The van der Waals surface area contributed by atoms with Crippen molar-refractivity contribution in [1.82, 2.24) is 0 Å². The molecule has 2 fully saturated rings. The minimum absolute atomic E-state index is 0.0660. The van der Waals surface area contributed by atoms with Crippen LogP contribution in [0.3, 0.4) is 0 Å². The van der Waals surface area contributed by atoms with Crippen LogP contribution in [0.4, 0.5) is 0 Å². The molecule has 2 atom stereocenters. The molecular weight excluding hydrogens is 100 g/mol. The molecule has 0 bridgehead atoms. The van der Waals surface area contributed by atoms with Crippen molar-refractivity contribution in [2.45, 2.75) is 32.3 Å². The van der Waals surface area contributed by atoms with E-state index >= 15 is 0 Å². The molecule has 0 aromatic rings. The zero-order valence-corrected chi connectivity index (χ0v) is 5.22. The molecule has 1 spiro atoms. The van der Waals surface area contributed by atoms with Crippen molar-refractivity contribution in [2.75, 3.05) is 0 Å². The third kappa shape index (κ3) is 0.304. The minimum atomic E-state index is 0.0660. The first-order valence-electron chi connectivity index (χ1n) is 3.45. The first-order chi connectivity index (χ1) is 3.77. The first-order valence-corrected chi connectivity index (χ1v) is 3.45. The molecule has 0 aliphatic heterocycles. The highest BCUT2D eigenvalue weighted by atomic mass is 16.3. The molecule has 2 unspecified atom stereocenters. The fourth-order valence-corrected chi connectivity index (χ4v) is 2.01. The maximum atomic E-state index is 9.21. The fraction of sp³-hybridized carbons (Fsp3) is 1.00. The molecule has 0 saturated heterocycles. The van der Waals surface area contributed by atoms with E-state index in [0.29, 0.717) is 11.3 Å². The second-order valence-electron chi connectivity index (χ2n) is 3.32. The lowest BCUT2D eigenvalue weighted by molar-refractivity contribution is 0.158. The van der Waals surface area contributed by atoms with Gasteiger partial charge in [-0.25, -0.2) is 0 Å². The van der Waals surface area contributed by atoms with Crippen LogP contribution < -0.4 is 0 Å². The molecule has 2 aliphatic rings. The molecule has 1 N–H and O–H groups in total. The predicted molar refractivity (Wildman–Crippen MR) is 31.5 cm³/mol. The van der Waals surface area contributed by atoms with Crippen LogP contribution in [0, 0.1) is 11.3 Å². The zero-order chi connectivity index (χ0) is 5.78. The predicted octanol–water partition coefficient (Wildman–Crippen LogP) is 1.17. The number of hydrogen-bond donors (Lipinski definition) is 1. The Kier molecular flexibility index (Phi) is 0.663. The molecule has 1 nitrogen and oxygen atoms in total. The Bertz CT molecular complexity index is 106. The summed E-state index contributed by atoms with van der Waals surface area (Å²) < 4.78 is 0. The molecule has 1 heteroatoms. The second-order valence-corrected chi connectivity index (χ2v) is 3.32. The van der Waals surface area contributed by atoms with E-state index in [4.69, 9.17) is 0 Å². The van der Waals surface area contributed by atoms with E-state index in [1.165, 1.54) is 19.3 Å².